The normalized spacial score (nSPS) is 10.5. The van der Waals surface area contributed by atoms with Crippen LogP contribution in [0.2, 0.25) is 0 Å². The molecule has 5 heteroatoms. The van der Waals surface area contributed by atoms with Crippen molar-refractivity contribution in [1.29, 1.82) is 0 Å². The number of rotatable bonds is 3. The molecule has 0 saturated heterocycles. The summed E-state index contributed by atoms with van der Waals surface area (Å²) in [5, 5.41) is 0. The number of halogens is 4. The molecule has 1 nitrogen and oxygen atoms in total. The molecule has 17 heavy (non-hydrogen) atoms. The third kappa shape index (κ3) is 6.14. The van der Waals surface area contributed by atoms with Crippen LogP contribution in [-0.4, -0.2) is 6.36 Å². The van der Waals surface area contributed by atoms with E-state index >= 15 is 0 Å². The molecular formula is C12H16F4O. The zero-order chi connectivity index (χ0) is 13.5. The van der Waals surface area contributed by atoms with Gasteiger partial charge < -0.3 is 4.74 Å². The third-order valence-electron chi connectivity index (χ3n) is 1.77. The number of alkyl halides is 3. The Hall–Kier alpha value is -1.26. The average molecular weight is 252 g/mol. The number of aryl methyl sites for hydroxylation is 1. The predicted molar refractivity (Wildman–Crippen MR) is 58.4 cm³/mol. The Morgan fingerprint density at radius 3 is 2.24 bits per heavy atom. The molecular weight excluding hydrogens is 236 g/mol. The van der Waals surface area contributed by atoms with Crippen molar-refractivity contribution >= 4 is 0 Å². The SMILES string of the molecule is CC.CCCc1cc(OC(F)(F)F)ccc1F. The Morgan fingerprint density at radius 2 is 1.76 bits per heavy atom. The molecule has 0 saturated carbocycles. The smallest absolute Gasteiger partial charge is 0.406 e. The minimum atomic E-state index is -4.73. The highest BCUT2D eigenvalue weighted by Crippen LogP contribution is 2.25. The quantitative estimate of drug-likeness (QED) is 0.708. The molecule has 1 rings (SSSR count). The van der Waals surface area contributed by atoms with E-state index in [1.165, 1.54) is 0 Å². The Morgan fingerprint density at radius 1 is 1.18 bits per heavy atom. The lowest BCUT2D eigenvalue weighted by atomic mass is 10.1. The van der Waals surface area contributed by atoms with Crippen LogP contribution in [0.4, 0.5) is 17.6 Å². The van der Waals surface area contributed by atoms with Gasteiger partial charge in [0.15, 0.2) is 0 Å². The van der Waals surface area contributed by atoms with Crippen LogP contribution in [0.5, 0.6) is 5.75 Å². The van der Waals surface area contributed by atoms with Crippen molar-refractivity contribution in [2.75, 3.05) is 0 Å². The molecule has 0 atom stereocenters. The monoisotopic (exact) mass is 252 g/mol. The summed E-state index contributed by atoms with van der Waals surface area (Å²) in [7, 11) is 0. The summed E-state index contributed by atoms with van der Waals surface area (Å²) in [6.45, 7) is 5.82. The Kier molecular flexibility index (Phi) is 6.61. The molecule has 98 valence electrons. The zero-order valence-corrected chi connectivity index (χ0v) is 10.1. The average Bonchev–Trinajstić information content (AvgIpc) is 2.24. The molecule has 1 aromatic carbocycles. The molecule has 0 aromatic heterocycles. The maximum absolute atomic E-state index is 13.1. The van der Waals surface area contributed by atoms with E-state index in [0.29, 0.717) is 12.8 Å². The van der Waals surface area contributed by atoms with E-state index in [0.717, 1.165) is 18.2 Å². The topological polar surface area (TPSA) is 9.23 Å². The molecule has 0 aliphatic heterocycles. The van der Waals surface area contributed by atoms with Crippen molar-refractivity contribution in [2.45, 2.75) is 40.0 Å². The van der Waals surface area contributed by atoms with Gasteiger partial charge in [-0.05, 0) is 30.2 Å². The van der Waals surface area contributed by atoms with Gasteiger partial charge in [-0.15, -0.1) is 13.2 Å². The summed E-state index contributed by atoms with van der Waals surface area (Å²) in [4.78, 5) is 0. The number of hydrogen-bond acceptors (Lipinski definition) is 1. The van der Waals surface area contributed by atoms with Gasteiger partial charge in [-0.25, -0.2) is 4.39 Å². The van der Waals surface area contributed by atoms with Crippen LogP contribution in [0.1, 0.15) is 32.8 Å². The van der Waals surface area contributed by atoms with Crippen LogP contribution < -0.4 is 4.74 Å². The van der Waals surface area contributed by atoms with Crippen LogP contribution in [-0.2, 0) is 6.42 Å². The van der Waals surface area contributed by atoms with Crippen molar-refractivity contribution in [2.24, 2.45) is 0 Å². The summed E-state index contributed by atoms with van der Waals surface area (Å²) in [5.41, 5.74) is 0.235. The second-order valence-corrected chi connectivity index (χ2v) is 3.05. The van der Waals surface area contributed by atoms with Crippen molar-refractivity contribution in [3.8, 4) is 5.75 Å². The molecule has 0 N–H and O–H groups in total. The molecule has 1 aromatic rings. The largest absolute Gasteiger partial charge is 0.573 e. The van der Waals surface area contributed by atoms with Crippen LogP contribution in [0.3, 0.4) is 0 Å². The lowest BCUT2D eigenvalue weighted by Gasteiger charge is -2.10. The fourth-order valence-corrected chi connectivity index (χ4v) is 1.21. The summed E-state index contributed by atoms with van der Waals surface area (Å²) in [5.74, 6) is -0.890. The third-order valence-corrected chi connectivity index (χ3v) is 1.77. The molecule has 0 heterocycles. The summed E-state index contributed by atoms with van der Waals surface area (Å²) >= 11 is 0. The van der Waals surface area contributed by atoms with Gasteiger partial charge in [0.1, 0.15) is 11.6 Å². The van der Waals surface area contributed by atoms with Gasteiger partial charge in [-0.2, -0.15) is 0 Å². The predicted octanol–water partition coefficient (Wildman–Crippen LogP) is 4.70. The lowest BCUT2D eigenvalue weighted by Crippen LogP contribution is -2.17. The van der Waals surface area contributed by atoms with Gasteiger partial charge in [-0.3, -0.25) is 0 Å². The number of ether oxygens (including phenoxy) is 1. The Labute approximate surface area is 98.4 Å². The van der Waals surface area contributed by atoms with Gasteiger partial charge >= 0.3 is 6.36 Å². The van der Waals surface area contributed by atoms with Crippen LogP contribution in [0.15, 0.2) is 18.2 Å². The fourth-order valence-electron chi connectivity index (χ4n) is 1.21. The van der Waals surface area contributed by atoms with E-state index in [9.17, 15) is 17.6 Å². The van der Waals surface area contributed by atoms with Crippen LogP contribution in [0.25, 0.3) is 0 Å². The first-order chi connectivity index (χ1) is 7.92. The standard InChI is InChI=1S/C10H10F4O.C2H6/c1-2-3-7-6-8(4-5-9(7)11)15-10(12,13)14;1-2/h4-6H,2-3H2,1H3;1-2H3. The summed E-state index contributed by atoms with van der Waals surface area (Å²) in [6.07, 6.45) is -3.69. The van der Waals surface area contributed by atoms with Gasteiger partial charge in [0.25, 0.3) is 0 Å². The van der Waals surface area contributed by atoms with Gasteiger partial charge in [0.05, 0.1) is 0 Å². The second-order valence-electron chi connectivity index (χ2n) is 3.05. The fraction of sp³-hybridized carbons (Fsp3) is 0.500. The number of benzene rings is 1. The van der Waals surface area contributed by atoms with Gasteiger partial charge in [-0.1, -0.05) is 27.2 Å². The highest BCUT2D eigenvalue weighted by atomic mass is 19.4. The van der Waals surface area contributed by atoms with Crippen molar-refractivity contribution in [1.82, 2.24) is 0 Å². The minimum Gasteiger partial charge on any atom is -0.406 e. The highest BCUT2D eigenvalue weighted by molar-refractivity contribution is 5.30. The molecule has 0 aliphatic rings. The lowest BCUT2D eigenvalue weighted by molar-refractivity contribution is -0.274. The first-order valence-electron chi connectivity index (χ1n) is 5.46. The van der Waals surface area contributed by atoms with E-state index < -0.39 is 12.2 Å². The molecule has 0 spiro atoms. The van der Waals surface area contributed by atoms with Gasteiger partial charge in [0, 0.05) is 0 Å². The van der Waals surface area contributed by atoms with E-state index in [4.69, 9.17) is 0 Å². The van der Waals surface area contributed by atoms with Crippen LogP contribution in [0, 0.1) is 5.82 Å². The van der Waals surface area contributed by atoms with E-state index in [1.807, 2.05) is 20.8 Å². The summed E-state index contributed by atoms with van der Waals surface area (Å²) < 4.78 is 52.3. The first-order valence-corrected chi connectivity index (χ1v) is 5.46. The molecule has 0 bridgehead atoms. The molecule has 0 aliphatic carbocycles. The van der Waals surface area contributed by atoms with E-state index in [-0.39, 0.29) is 11.3 Å². The van der Waals surface area contributed by atoms with Crippen LogP contribution >= 0.6 is 0 Å². The first kappa shape index (κ1) is 15.7. The van der Waals surface area contributed by atoms with E-state index in [2.05, 4.69) is 4.74 Å². The van der Waals surface area contributed by atoms with Crippen molar-refractivity contribution in [3.05, 3.63) is 29.6 Å². The maximum atomic E-state index is 13.1. The summed E-state index contributed by atoms with van der Waals surface area (Å²) in [6, 6.07) is 3.01. The molecule has 0 fully saturated rings. The maximum Gasteiger partial charge on any atom is 0.573 e. The molecule has 0 radical (unpaired) electrons. The number of hydrogen-bond donors (Lipinski definition) is 0. The Balaban J connectivity index is 0.00000121. The second kappa shape index (κ2) is 7.14. The van der Waals surface area contributed by atoms with Gasteiger partial charge in [0.2, 0.25) is 0 Å². The zero-order valence-electron chi connectivity index (χ0n) is 10.1. The van der Waals surface area contributed by atoms with Crippen molar-refractivity contribution in [3.63, 3.8) is 0 Å². The molecule has 0 amide bonds. The van der Waals surface area contributed by atoms with E-state index in [1.54, 1.807) is 0 Å². The molecule has 0 unspecified atom stereocenters. The minimum absolute atomic E-state index is 0.235. The Bertz CT molecular complexity index is 334. The van der Waals surface area contributed by atoms with Crippen molar-refractivity contribution < 1.29 is 22.3 Å². The highest BCUT2D eigenvalue weighted by Gasteiger charge is 2.31.